The number of nitrogens with zero attached hydrogens (tertiary/aromatic N) is 1. The third kappa shape index (κ3) is 6.31. The van der Waals surface area contributed by atoms with Crippen molar-refractivity contribution < 1.29 is 27.8 Å². The van der Waals surface area contributed by atoms with Crippen molar-refractivity contribution in [3.8, 4) is 11.3 Å². The van der Waals surface area contributed by atoms with Crippen LogP contribution in [0.5, 0.6) is 0 Å². The molecular weight excluding hydrogens is 542 g/mol. The van der Waals surface area contributed by atoms with E-state index in [9.17, 15) is 27.8 Å². The van der Waals surface area contributed by atoms with Gasteiger partial charge < -0.3 is 15.0 Å². The smallest absolute Gasteiger partial charge is 0.326 e. The average molecular weight is 560 g/mol. The van der Waals surface area contributed by atoms with E-state index in [0.29, 0.717) is 27.7 Å². The summed E-state index contributed by atoms with van der Waals surface area (Å²) in [6.07, 6.45) is -0.0250. The first kappa shape index (κ1) is 26.7. The normalized spacial score (nSPS) is 12.8. The number of carboxylic acid groups (broad SMARTS) is 1. The minimum Gasteiger partial charge on any atom is -0.772 e. The van der Waals surface area contributed by atoms with E-state index in [1.54, 1.807) is 36.4 Å². The number of benzene rings is 3. The Hall–Kier alpha value is -3.37. The van der Waals surface area contributed by atoms with Crippen molar-refractivity contribution in [3.63, 3.8) is 0 Å². The van der Waals surface area contributed by atoms with Crippen molar-refractivity contribution in [1.29, 1.82) is 0 Å². The lowest BCUT2D eigenvalue weighted by molar-refractivity contribution is -0.139. The summed E-state index contributed by atoms with van der Waals surface area (Å²) < 4.78 is 36.0. The molecule has 0 aliphatic rings. The summed E-state index contributed by atoms with van der Waals surface area (Å²) in [5.74, 6) is -2.71. The number of carboxylic acids is 1. The minimum absolute atomic E-state index is 0.00660. The Morgan fingerprint density at radius 2 is 1.78 bits per heavy atom. The van der Waals surface area contributed by atoms with Crippen LogP contribution in [0.25, 0.3) is 22.2 Å². The number of hydrogen-bond donors (Lipinski definition) is 2. The number of halogens is 3. The van der Waals surface area contributed by atoms with Gasteiger partial charge in [0, 0.05) is 17.6 Å². The molecule has 1 heterocycles. The van der Waals surface area contributed by atoms with E-state index >= 15 is 0 Å². The second-order valence-corrected chi connectivity index (χ2v) is 9.86. The summed E-state index contributed by atoms with van der Waals surface area (Å²) >= 11 is 9.95. The molecule has 2 atom stereocenters. The van der Waals surface area contributed by atoms with Crippen LogP contribution in [0.3, 0.4) is 0 Å². The summed E-state index contributed by atoms with van der Waals surface area (Å²) in [5.41, 5.74) is 2.16. The van der Waals surface area contributed by atoms with E-state index in [-0.39, 0.29) is 33.3 Å². The number of hydrogen-bond acceptors (Lipinski definition) is 5. The highest BCUT2D eigenvalue weighted by Crippen LogP contribution is 2.30. The zero-order valence-corrected chi connectivity index (χ0v) is 21.2. The molecule has 11 heteroatoms. The summed E-state index contributed by atoms with van der Waals surface area (Å²) in [4.78, 5) is 29.1. The Bertz CT molecular complexity index is 1530. The molecule has 7 nitrogen and oxygen atoms in total. The van der Waals surface area contributed by atoms with Gasteiger partial charge in [-0.3, -0.25) is 9.00 Å². The van der Waals surface area contributed by atoms with Gasteiger partial charge >= 0.3 is 5.97 Å². The van der Waals surface area contributed by atoms with Crippen molar-refractivity contribution in [2.24, 2.45) is 0 Å². The largest absolute Gasteiger partial charge is 0.772 e. The lowest BCUT2D eigenvalue weighted by atomic mass is 10.0. The Morgan fingerprint density at radius 3 is 2.46 bits per heavy atom. The van der Waals surface area contributed by atoms with Gasteiger partial charge in [0.25, 0.3) is 5.91 Å². The fourth-order valence-corrected chi connectivity index (χ4v) is 4.82. The van der Waals surface area contributed by atoms with E-state index in [2.05, 4.69) is 10.3 Å². The molecule has 0 saturated carbocycles. The van der Waals surface area contributed by atoms with Crippen molar-refractivity contribution in [3.05, 3.63) is 99.3 Å². The van der Waals surface area contributed by atoms with E-state index in [4.69, 9.17) is 23.2 Å². The first-order chi connectivity index (χ1) is 17.6. The van der Waals surface area contributed by atoms with Gasteiger partial charge in [-0.1, -0.05) is 58.5 Å². The Balaban J connectivity index is 1.53. The quantitative estimate of drug-likeness (QED) is 0.288. The van der Waals surface area contributed by atoms with Crippen LogP contribution in [0, 0.1) is 5.82 Å². The SMILES string of the molecule is O=C(N[C@@H](Cc1ccc2nc(-c3c(F)cccc3Cl)ccc2c1)C(=O)O)c1ccc(CS(=O)[O-])cc1Cl. The number of amides is 1. The summed E-state index contributed by atoms with van der Waals surface area (Å²) in [5, 5.41) is 13.1. The molecule has 4 rings (SSSR count). The third-order valence-electron chi connectivity index (χ3n) is 5.58. The summed E-state index contributed by atoms with van der Waals surface area (Å²) in [6.45, 7) is 0. The number of aliphatic carboxylic acids is 1. The molecule has 4 aromatic rings. The van der Waals surface area contributed by atoms with Gasteiger partial charge in [-0.25, -0.2) is 14.2 Å². The summed E-state index contributed by atoms with van der Waals surface area (Å²) in [6, 6.07) is 15.7. The first-order valence-electron chi connectivity index (χ1n) is 10.8. The van der Waals surface area contributed by atoms with Crippen LogP contribution in [0.1, 0.15) is 21.5 Å². The van der Waals surface area contributed by atoms with Gasteiger partial charge in [0.15, 0.2) is 0 Å². The molecule has 37 heavy (non-hydrogen) atoms. The van der Waals surface area contributed by atoms with Crippen molar-refractivity contribution >= 4 is 57.1 Å². The number of rotatable bonds is 8. The number of carbonyl (C=O) groups is 2. The maximum Gasteiger partial charge on any atom is 0.326 e. The molecule has 0 spiro atoms. The van der Waals surface area contributed by atoms with Gasteiger partial charge in [0.05, 0.1) is 32.4 Å². The van der Waals surface area contributed by atoms with Gasteiger partial charge in [-0.05, 0) is 53.6 Å². The van der Waals surface area contributed by atoms with Crippen LogP contribution in [-0.4, -0.2) is 36.8 Å². The van der Waals surface area contributed by atoms with Gasteiger partial charge in [-0.2, -0.15) is 0 Å². The molecular formula is C26H18Cl2FN2O5S-. The Kier molecular flexibility index (Phi) is 8.19. The van der Waals surface area contributed by atoms with Crippen molar-refractivity contribution in [1.82, 2.24) is 10.3 Å². The van der Waals surface area contributed by atoms with Gasteiger partial charge in [0.2, 0.25) is 0 Å². The van der Waals surface area contributed by atoms with E-state index in [1.807, 2.05) is 0 Å². The maximum atomic E-state index is 14.3. The molecule has 1 amide bonds. The predicted molar refractivity (Wildman–Crippen MR) is 139 cm³/mol. The molecule has 1 unspecified atom stereocenters. The second kappa shape index (κ2) is 11.4. The maximum absolute atomic E-state index is 14.3. The van der Waals surface area contributed by atoms with Crippen LogP contribution in [-0.2, 0) is 28.0 Å². The molecule has 1 aromatic heterocycles. The van der Waals surface area contributed by atoms with Crippen LogP contribution < -0.4 is 5.32 Å². The monoisotopic (exact) mass is 559 g/mol. The third-order valence-corrected chi connectivity index (χ3v) is 6.78. The number of nitrogens with one attached hydrogen (secondary N) is 1. The highest BCUT2D eigenvalue weighted by atomic mass is 35.5. The number of fused-ring (bicyclic) bond motifs is 1. The average Bonchev–Trinajstić information content (AvgIpc) is 2.83. The number of carbonyl (C=O) groups excluding carboxylic acids is 1. The second-order valence-electron chi connectivity index (χ2n) is 8.15. The summed E-state index contributed by atoms with van der Waals surface area (Å²) in [7, 11) is 0. The number of aromatic nitrogens is 1. The minimum atomic E-state index is -2.32. The predicted octanol–water partition coefficient (Wildman–Crippen LogP) is 5.15. The van der Waals surface area contributed by atoms with Crippen LogP contribution in [0.15, 0.2) is 66.7 Å². The van der Waals surface area contributed by atoms with Crippen molar-refractivity contribution in [2.75, 3.05) is 0 Å². The van der Waals surface area contributed by atoms with E-state index < -0.39 is 34.8 Å². The molecule has 0 bridgehead atoms. The molecule has 2 N–H and O–H groups in total. The highest BCUT2D eigenvalue weighted by molar-refractivity contribution is 7.78. The van der Waals surface area contributed by atoms with Gasteiger partial charge in [-0.15, -0.1) is 0 Å². The van der Waals surface area contributed by atoms with E-state index in [1.165, 1.54) is 30.3 Å². The van der Waals surface area contributed by atoms with Crippen molar-refractivity contribution in [2.45, 2.75) is 18.2 Å². The lowest BCUT2D eigenvalue weighted by Crippen LogP contribution is -2.42. The molecule has 0 saturated heterocycles. The zero-order chi connectivity index (χ0) is 26.7. The lowest BCUT2D eigenvalue weighted by Gasteiger charge is -2.16. The fraction of sp³-hybridized carbons (Fsp3) is 0.115. The Labute approximate surface area is 223 Å². The van der Waals surface area contributed by atoms with Crippen LogP contribution in [0.2, 0.25) is 10.0 Å². The van der Waals surface area contributed by atoms with E-state index in [0.717, 1.165) is 0 Å². The topological polar surface area (TPSA) is 119 Å². The molecule has 0 fully saturated rings. The van der Waals surface area contributed by atoms with Crippen LogP contribution in [0.4, 0.5) is 4.39 Å². The van der Waals surface area contributed by atoms with Gasteiger partial charge in [0.1, 0.15) is 11.9 Å². The molecule has 0 radical (unpaired) electrons. The molecule has 190 valence electrons. The standard InChI is InChI=1S/C26H19Cl2FN2O5S/c27-18-2-1-3-20(29)24(18)22-9-6-16-10-14(5-8-21(16)30-22)12-23(26(33)34)31-25(32)17-7-4-15(11-19(17)28)13-37(35)36/h1-11,23H,12-13H2,(H,31,32)(H,33,34)(H,35,36)/p-1/t23-/m0/s1. The van der Waals surface area contributed by atoms with Crippen LogP contribution >= 0.6 is 23.2 Å². The zero-order valence-electron chi connectivity index (χ0n) is 18.9. The fourth-order valence-electron chi connectivity index (χ4n) is 3.82. The molecule has 0 aliphatic heterocycles. The molecule has 0 aliphatic carbocycles. The molecule has 3 aromatic carbocycles. The highest BCUT2D eigenvalue weighted by Gasteiger charge is 2.23. The number of pyridine rings is 1. The Morgan fingerprint density at radius 1 is 1.03 bits per heavy atom. The first-order valence-corrected chi connectivity index (χ1v) is 12.8.